The normalized spacial score (nSPS) is 17.1. The van der Waals surface area contributed by atoms with Crippen molar-refractivity contribution >= 4 is 33.2 Å². The molecule has 1 saturated heterocycles. The Kier molecular flexibility index (Phi) is 5.17. The predicted molar refractivity (Wildman–Crippen MR) is 86.8 cm³/mol. The molecule has 1 aliphatic heterocycles. The molecule has 112 valence electrons. The lowest BCUT2D eigenvalue weighted by Gasteiger charge is -2.27. The predicted octanol–water partition coefficient (Wildman–Crippen LogP) is 1.08. The van der Waals surface area contributed by atoms with Crippen LogP contribution in [0.3, 0.4) is 0 Å². The molecule has 0 aliphatic carbocycles. The van der Waals surface area contributed by atoms with Gasteiger partial charge in [-0.1, -0.05) is 0 Å². The Morgan fingerprint density at radius 3 is 2.45 bits per heavy atom. The molecule has 0 bridgehead atoms. The Morgan fingerprint density at radius 2 is 1.85 bits per heavy atom. The van der Waals surface area contributed by atoms with E-state index in [9.17, 15) is 8.42 Å². The van der Waals surface area contributed by atoms with Crippen molar-refractivity contribution < 1.29 is 8.42 Å². The largest absolute Gasteiger partial charge is 0.399 e. The summed E-state index contributed by atoms with van der Waals surface area (Å²) in [6, 6.07) is 6.88. The zero-order valence-corrected chi connectivity index (χ0v) is 13.3. The molecule has 2 rings (SSSR count). The maximum absolute atomic E-state index is 12.3. The minimum absolute atomic E-state index is 0.151. The summed E-state index contributed by atoms with van der Waals surface area (Å²) in [4.78, 5) is 2.21. The second kappa shape index (κ2) is 6.69. The van der Waals surface area contributed by atoms with Crippen LogP contribution >= 0.6 is 11.8 Å². The molecular formula is C13H21N3O2S2. The van der Waals surface area contributed by atoms with Gasteiger partial charge in [0.2, 0.25) is 10.0 Å². The molecule has 20 heavy (non-hydrogen) atoms. The molecule has 0 aromatic heterocycles. The van der Waals surface area contributed by atoms with E-state index in [4.69, 9.17) is 5.73 Å². The average Bonchev–Trinajstić information content (AvgIpc) is 2.46. The lowest BCUT2D eigenvalue weighted by molar-refractivity contribution is 0.320. The Hall–Kier alpha value is -0.920. The molecular weight excluding hydrogens is 294 g/mol. The Labute approximate surface area is 125 Å². The van der Waals surface area contributed by atoms with Gasteiger partial charge in [-0.25, -0.2) is 8.42 Å². The lowest BCUT2D eigenvalue weighted by Crippen LogP contribution is -2.39. The number of nitrogens with two attached hydrogens (primary N) is 1. The molecule has 2 N–H and O–H groups in total. The van der Waals surface area contributed by atoms with E-state index < -0.39 is 10.0 Å². The molecule has 1 aromatic rings. The molecule has 0 saturated carbocycles. The summed E-state index contributed by atoms with van der Waals surface area (Å²) in [7, 11) is -1.69. The SMILES string of the molecule is CN(c1ccc(N)cc1)S(=O)(=O)CCN1CCSCC1. The van der Waals surface area contributed by atoms with Crippen molar-refractivity contribution in [2.24, 2.45) is 0 Å². The van der Waals surface area contributed by atoms with Crippen molar-refractivity contribution in [2.75, 3.05) is 54.0 Å². The van der Waals surface area contributed by atoms with Crippen LogP contribution < -0.4 is 10.0 Å². The van der Waals surface area contributed by atoms with Gasteiger partial charge >= 0.3 is 0 Å². The second-order valence-corrected chi connectivity index (χ2v) is 8.17. The molecule has 7 heteroatoms. The van der Waals surface area contributed by atoms with Crippen molar-refractivity contribution in [3.05, 3.63) is 24.3 Å². The monoisotopic (exact) mass is 315 g/mol. The first kappa shape index (κ1) is 15.5. The summed E-state index contributed by atoms with van der Waals surface area (Å²) in [6.45, 7) is 2.56. The van der Waals surface area contributed by atoms with Crippen LogP contribution in [-0.4, -0.2) is 57.3 Å². The van der Waals surface area contributed by atoms with Gasteiger partial charge in [0.05, 0.1) is 11.4 Å². The van der Waals surface area contributed by atoms with Gasteiger partial charge in [0, 0.05) is 43.9 Å². The second-order valence-electron chi connectivity index (χ2n) is 4.83. The number of anilines is 2. The van der Waals surface area contributed by atoms with Crippen LogP contribution in [0.4, 0.5) is 11.4 Å². The highest BCUT2D eigenvalue weighted by Crippen LogP contribution is 2.18. The standard InChI is InChI=1S/C13H21N3O2S2/c1-15(13-4-2-12(14)3-5-13)20(17,18)11-8-16-6-9-19-10-7-16/h2-5H,6-11,14H2,1H3. The number of thioether (sulfide) groups is 1. The fourth-order valence-electron chi connectivity index (χ4n) is 2.05. The van der Waals surface area contributed by atoms with Crippen LogP contribution in [0.2, 0.25) is 0 Å². The summed E-state index contributed by atoms with van der Waals surface area (Å²) in [5.74, 6) is 2.33. The highest BCUT2D eigenvalue weighted by atomic mass is 32.2. The molecule has 0 atom stereocenters. The number of sulfonamides is 1. The smallest absolute Gasteiger partial charge is 0.236 e. The van der Waals surface area contributed by atoms with Crippen molar-refractivity contribution in [3.8, 4) is 0 Å². The summed E-state index contributed by atoms with van der Waals surface area (Å²) in [5.41, 5.74) is 6.89. The molecule has 0 unspecified atom stereocenters. The Balaban J connectivity index is 1.96. The Bertz CT molecular complexity index is 525. The van der Waals surface area contributed by atoms with Gasteiger partial charge in [0.25, 0.3) is 0 Å². The number of hydrogen-bond acceptors (Lipinski definition) is 5. The molecule has 5 nitrogen and oxygen atoms in total. The quantitative estimate of drug-likeness (QED) is 0.824. The summed E-state index contributed by atoms with van der Waals surface area (Å²) in [5, 5.41) is 0. The van der Waals surface area contributed by atoms with E-state index in [2.05, 4.69) is 4.90 Å². The van der Waals surface area contributed by atoms with Crippen LogP contribution in [0.25, 0.3) is 0 Å². The molecule has 0 amide bonds. The third kappa shape index (κ3) is 4.04. The van der Waals surface area contributed by atoms with Gasteiger partial charge in [0.1, 0.15) is 0 Å². The van der Waals surface area contributed by atoms with Crippen LogP contribution in [0, 0.1) is 0 Å². The molecule has 0 radical (unpaired) electrons. The van der Waals surface area contributed by atoms with E-state index >= 15 is 0 Å². The summed E-state index contributed by atoms with van der Waals surface area (Å²) >= 11 is 1.92. The first-order valence-electron chi connectivity index (χ1n) is 6.61. The van der Waals surface area contributed by atoms with Crippen molar-refractivity contribution in [3.63, 3.8) is 0 Å². The highest BCUT2D eigenvalue weighted by Gasteiger charge is 2.20. The van der Waals surface area contributed by atoms with Crippen molar-refractivity contribution in [1.82, 2.24) is 4.90 Å². The molecule has 1 heterocycles. The van der Waals surface area contributed by atoms with Crippen LogP contribution in [0.15, 0.2) is 24.3 Å². The fraction of sp³-hybridized carbons (Fsp3) is 0.538. The van der Waals surface area contributed by atoms with Gasteiger partial charge < -0.3 is 10.6 Å². The topological polar surface area (TPSA) is 66.6 Å². The fourth-order valence-corrected chi connectivity index (χ4v) is 4.24. The van der Waals surface area contributed by atoms with Gasteiger partial charge in [0.15, 0.2) is 0 Å². The number of nitrogens with zero attached hydrogens (tertiary/aromatic N) is 2. The number of nitrogen functional groups attached to an aromatic ring is 1. The minimum atomic E-state index is -3.28. The van der Waals surface area contributed by atoms with E-state index in [0.29, 0.717) is 17.9 Å². The summed E-state index contributed by atoms with van der Waals surface area (Å²) < 4.78 is 26.0. The van der Waals surface area contributed by atoms with E-state index in [1.165, 1.54) is 4.31 Å². The third-order valence-electron chi connectivity index (χ3n) is 3.44. The minimum Gasteiger partial charge on any atom is -0.399 e. The molecule has 0 spiro atoms. The van der Waals surface area contributed by atoms with Crippen LogP contribution in [0.1, 0.15) is 0 Å². The first-order valence-corrected chi connectivity index (χ1v) is 9.38. The van der Waals surface area contributed by atoms with Gasteiger partial charge in [-0.3, -0.25) is 4.31 Å². The van der Waals surface area contributed by atoms with Gasteiger partial charge in [-0.2, -0.15) is 11.8 Å². The lowest BCUT2D eigenvalue weighted by atomic mass is 10.3. The van der Waals surface area contributed by atoms with Crippen LogP contribution in [-0.2, 0) is 10.0 Å². The van der Waals surface area contributed by atoms with E-state index in [0.717, 1.165) is 24.6 Å². The van der Waals surface area contributed by atoms with Crippen molar-refractivity contribution in [2.45, 2.75) is 0 Å². The van der Waals surface area contributed by atoms with E-state index in [-0.39, 0.29) is 5.75 Å². The number of hydrogen-bond donors (Lipinski definition) is 1. The number of benzene rings is 1. The first-order chi connectivity index (χ1) is 9.49. The van der Waals surface area contributed by atoms with Gasteiger partial charge in [-0.05, 0) is 24.3 Å². The maximum atomic E-state index is 12.3. The van der Waals surface area contributed by atoms with Gasteiger partial charge in [-0.15, -0.1) is 0 Å². The summed E-state index contributed by atoms with van der Waals surface area (Å²) in [6.07, 6.45) is 0. The molecule has 1 fully saturated rings. The highest BCUT2D eigenvalue weighted by molar-refractivity contribution is 7.99. The zero-order valence-electron chi connectivity index (χ0n) is 11.7. The average molecular weight is 315 g/mol. The van der Waals surface area contributed by atoms with E-state index in [1.807, 2.05) is 11.8 Å². The Morgan fingerprint density at radius 1 is 1.25 bits per heavy atom. The molecule has 1 aliphatic rings. The molecule has 1 aromatic carbocycles. The third-order valence-corrected chi connectivity index (χ3v) is 6.13. The maximum Gasteiger partial charge on any atom is 0.236 e. The van der Waals surface area contributed by atoms with Crippen molar-refractivity contribution in [1.29, 1.82) is 0 Å². The van der Waals surface area contributed by atoms with E-state index in [1.54, 1.807) is 31.3 Å². The van der Waals surface area contributed by atoms with Crippen LogP contribution in [0.5, 0.6) is 0 Å². The zero-order chi connectivity index (χ0) is 14.6. The number of rotatable bonds is 5.